The number of carbonyl (C=O) groups is 2. The van der Waals surface area contributed by atoms with Gasteiger partial charge in [0.05, 0.1) is 17.5 Å². The number of hydrogen-bond donors (Lipinski definition) is 1. The monoisotopic (exact) mass is 427 g/mol. The van der Waals surface area contributed by atoms with Crippen LogP contribution in [-0.2, 0) is 6.42 Å². The first kappa shape index (κ1) is 21.6. The molecule has 168 valence electrons. The standard InChI is InChI=1S/C23H33N5O3/c1-3-8-18-13-20(26-31-18)23(30)28-12-7-9-16(15-28)21-19(14-24-25-21)22(29)27(2)17-10-5-4-6-11-17/h13-14,16-17H,3-12,15H2,1-2H3,(H,24,25)/t16-/m0/s1. The van der Waals surface area contributed by atoms with Gasteiger partial charge in [-0.25, -0.2) is 0 Å². The molecule has 8 nitrogen and oxygen atoms in total. The second-order valence-electron chi connectivity index (χ2n) is 8.92. The summed E-state index contributed by atoms with van der Waals surface area (Å²) in [5.41, 5.74) is 1.85. The number of hydrogen-bond acceptors (Lipinski definition) is 5. The predicted molar refractivity (Wildman–Crippen MR) is 116 cm³/mol. The molecule has 1 saturated heterocycles. The summed E-state index contributed by atoms with van der Waals surface area (Å²) in [6.07, 6.45) is 10.9. The minimum absolute atomic E-state index is 0.0276. The molecular weight excluding hydrogens is 394 g/mol. The Bertz CT molecular complexity index is 899. The Kier molecular flexibility index (Phi) is 6.73. The van der Waals surface area contributed by atoms with Crippen LogP contribution in [0.15, 0.2) is 16.8 Å². The van der Waals surface area contributed by atoms with Crippen LogP contribution in [0.4, 0.5) is 0 Å². The molecule has 2 aliphatic rings. The molecule has 1 saturated carbocycles. The van der Waals surface area contributed by atoms with Crippen molar-refractivity contribution in [2.45, 2.75) is 76.7 Å². The van der Waals surface area contributed by atoms with Crippen LogP contribution in [0.2, 0.25) is 0 Å². The SMILES string of the molecule is CCCc1cc(C(=O)N2CCC[C@H](c3[nH]ncc3C(=O)N(C)C3CCCCC3)C2)no1. The highest BCUT2D eigenvalue weighted by molar-refractivity contribution is 5.95. The van der Waals surface area contributed by atoms with E-state index in [1.54, 1.807) is 12.3 Å². The summed E-state index contributed by atoms with van der Waals surface area (Å²) >= 11 is 0. The van der Waals surface area contributed by atoms with Crippen LogP contribution in [0.25, 0.3) is 0 Å². The van der Waals surface area contributed by atoms with Crippen molar-refractivity contribution in [1.82, 2.24) is 25.2 Å². The van der Waals surface area contributed by atoms with Gasteiger partial charge in [-0.05, 0) is 32.1 Å². The second kappa shape index (κ2) is 9.66. The molecule has 8 heteroatoms. The number of aromatic nitrogens is 3. The minimum atomic E-state index is -0.109. The molecule has 0 radical (unpaired) electrons. The molecule has 1 aliphatic carbocycles. The predicted octanol–water partition coefficient (Wildman–Crippen LogP) is 3.77. The van der Waals surface area contributed by atoms with E-state index in [0.717, 1.165) is 50.0 Å². The fraction of sp³-hybridized carbons (Fsp3) is 0.652. The van der Waals surface area contributed by atoms with E-state index < -0.39 is 0 Å². The number of nitrogens with one attached hydrogen (secondary N) is 1. The van der Waals surface area contributed by atoms with Crippen molar-refractivity contribution in [3.05, 3.63) is 35.0 Å². The molecule has 0 unspecified atom stereocenters. The summed E-state index contributed by atoms with van der Waals surface area (Å²) in [4.78, 5) is 29.9. The van der Waals surface area contributed by atoms with E-state index in [9.17, 15) is 9.59 Å². The van der Waals surface area contributed by atoms with E-state index in [0.29, 0.717) is 30.4 Å². The summed E-state index contributed by atoms with van der Waals surface area (Å²) in [6.45, 7) is 3.29. The van der Waals surface area contributed by atoms with Crippen LogP contribution in [-0.4, -0.2) is 63.1 Å². The van der Waals surface area contributed by atoms with E-state index in [4.69, 9.17) is 4.52 Å². The average molecular weight is 428 g/mol. The van der Waals surface area contributed by atoms with Gasteiger partial charge in [-0.15, -0.1) is 0 Å². The number of aromatic amines is 1. The van der Waals surface area contributed by atoms with Crippen molar-refractivity contribution in [3.8, 4) is 0 Å². The molecule has 31 heavy (non-hydrogen) atoms. The Morgan fingerprint density at radius 2 is 2.03 bits per heavy atom. The first-order valence-corrected chi connectivity index (χ1v) is 11.6. The molecule has 2 aromatic heterocycles. The molecule has 2 fully saturated rings. The van der Waals surface area contributed by atoms with Crippen LogP contribution in [0, 0.1) is 0 Å². The molecule has 0 spiro atoms. The smallest absolute Gasteiger partial charge is 0.276 e. The van der Waals surface area contributed by atoms with Gasteiger partial charge in [0, 0.05) is 44.6 Å². The number of aryl methyl sites for hydroxylation is 1. The zero-order valence-corrected chi connectivity index (χ0v) is 18.6. The van der Waals surface area contributed by atoms with Crippen LogP contribution < -0.4 is 0 Å². The van der Waals surface area contributed by atoms with Gasteiger partial charge in [-0.3, -0.25) is 14.7 Å². The zero-order chi connectivity index (χ0) is 21.8. The average Bonchev–Trinajstić information content (AvgIpc) is 3.48. The number of likely N-dealkylation sites (tertiary alicyclic amines) is 1. The first-order valence-electron chi connectivity index (χ1n) is 11.6. The van der Waals surface area contributed by atoms with Gasteiger partial charge in [-0.2, -0.15) is 5.10 Å². The molecular formula is C23H33N5O3. The molecule has 0 aromatic carbocycles. The highest BCUT2D eigenvalue weighted by Crippen LogP contribution is 2.30. The largest absolute Gasteiger partial charge is 0.361 e. The summed E-state index contributed by atoms with van der Waals surface area (Å²) in [5.74, 6) is 0.717. The highest BCUT2D eigenvalue weighted by Gasteiger charge is 2.32. The number of carbonyl (C=O) groups excluding carboxylic acids is 2. The van der Waals surface area contributed by atoms with Crippen LogP contribution in [0.5, 0.6) is 0 Å². The third-order valence-electron chi connectivity index (χ3n) is 6.73. The third-order valence-corrected chi connectivity index (χ3v) is 6.73. The van der Waals surface area contributed by atoms with Crippen LogP contribution >= 0.6 is 0 Å². The van der Waals surface area contributed by atoms with E-state index in [2.05, 4.69) is 22.3 Å². The Labute approximate surface area is 183 Å². The number of amides is 2. The second-order valence-corrected chi connectivity index (χ2v) is 8.92. The zero-order valence-electron chi connectivity index (χ0n) is 18.6. The molecule has 1 aliphatic heterocycles. The Hall–Kier alpha value is -2.64. The van der Waals surface area contributed by atoms with Gasteiger partial charge in [-0.1, -0.05) is 31.3 Å². The maximum atomic E-state index is 13.2. The van der Waals surface area contributed by atoms with E-state index >= 15 is 0 Å². The van der Waals surface area contributed by atoms with Crippen molar-refractivity contribution in [3.63, 3.8) is 0 Å². The summed E-state index contributed by atoms with van der Waals surface area (Å²) < 4.78 is 5.29. The van der Waals surface area contributed by atoms with Gasteiger partial charge in [0.25, 0.3) is 11.8 Å². The first-order chi connectivity index (χ1) is 15.1. The van der Waals surface area contributed by atoms with Gasteiger partial charge < -0.3 is 14.3 Å². The molecule has 1 atom stereocenters. The molecule has 2 aromatic rings. The maximum Gasteiger partial charge on any atom is 0.276 e. The number of H-pyrrole nitrogens is 1. The maximum absolute atomic E-state index is 13.2. The Balaban J connectivity index is 1.45. The van der Waals surface area contributed by atoms with E-state index in [1.807, 2.05) is 16.8 Å². The molecule has 4 rings (SSSR count). The number of piperidine rings is 1. The van der Waals surface area contributed by atoms with Crippen molar-refractivity contribution >= 4 is 11.8 Å². The van der Waals surface area contributed by atoms with Crippen LogP contribution in [0.1, 0.15) is 96.5 Å². The van der Waals surface area contributed by atoms with Crippen molar-refractivity contribution in [2.75, 3.05) is 20.1 Å². The fourth-order valence-electron chi connectivity index (χ4n) is 4.94. The lowest BCUT2D eigenvalue weighted by Crippen LogP contribution is -2.41. The van der Waals surface area contributed by atoms with Gasteiger partial charge >= 0.3 is 0 Å². The number of nitrogens with zero attached hydrogens (tertiary/aromatic N) is 4. The Morgan fingerprint density at radius 3 is 2.81 bits per heavy atom. The fourth-order valence-corrected chi connectivity index (χ4v) is 4.94. The van der Waals surface area contributed by atoms with Gasteiger partial charge in [0.2, 0.25) is 0 Å². The summed E-state index contributed by atoms with van der Waals surface area (Å²) in [5, 5.41) is 11.2. The normalized spacial score (nSPS) is 20.1. The quantitative estimate of drug-likeness (QED) is 0.757. The molecule has 3 heterocycles. The van der Waals surface area contributed by atoms with Gasteiger partial charge in [0.15, 0.2) is 5.69 Å². The minimum Gasteiger partial charge on any atom is -0.361 e. The van der Waals surface area contributed by atoms with Crippen molar-refractivity contribution in [2.24, 2.45) is 0 Å². The summed E-state index contributed by atoms with van der Waals surface area (Å²) in [6, 6.07) is 2.05. The number of rotatable bonds is 6. The molecule has 2 amide bonds. The third kappa shape index (κ3) is 4.67. The van der Waals surface area contributed by atoms with Crippen molar-refractivity contribution in [1.29, 1.82) is 0 Å². The molecule has 1 N–H and O–H groups in total. The van der Waals surface area contributed by atoms with Crippen LogP contribution in [0.3, 0.4) is 0 Å². The lowest BCUT2D eigenvalue weighted by atomic mass is 9.91. The lowest BCUT2D eigenvalue weighted by Gasteiger charge is -2.33. The summed E-state index contributed by atoms with van der Waals surface area (Å²) in [7, 11) is 1.91. The molecule has 0 bridgehead atoms. The van der Waals surface area contributed by atoms with E-state index in [-0.39, 0.29) is 17.7 Å². The Morgan fingerprint density at radius 1 is 1.23 bits per heavy atom. The topological polar surface area (TPSA) is 95.3 Å². The van der Waals surface area contributed by atoms with Gasteiger partial charge in [0.1, 0.15) is 5.76 Å². The van der Waals surface area contributed by atoms with Crippen molar-refractivity contribution < 1.29 is 14.1 Å². The highest BCUT2D eigenvalue weighted by atomic mass is 16.5. The van der Waals surface area contributed by atoms with E-state index in [1.165, 1.54) is 19.3 Å². The lowest BCUT2D eigenvalue weighted by molar-refractivity contribution is 0.0687.